The van der Waals surface area contributed by atoms with Gasteiger partial charge in [0.1, 0.15) is 6.61 Å². The van der Waals surface area contributed by atoms with Gasteiger partial charge in [-0.3, -0.25) is 14.9 Å². The predicted molar refractivity (Wildman–Crippen MR) is 82.4 cm³/mol. The summed E-state index contributed by atoms with van der Waals surface area (Å²) >= 11 is 0. The maximum Gasteiger partial charge on any atom is 0.307 e. The highest BCUT2D eigenvalue weighted by atomic mass is 16.6. The molecule has 0 heterocycles. The molecule has 0 aliphatic heterocycles. The summed E-state index contributed by atoms with van der Waals surface area (Å²) in [5, 5.41) is 13.6. The van der Waals surface area contributed by atoms with Crippen molar-refractivity contribution >= 4 is 17.3 Å². The van der Waals surface area contributed by atoms with Crippen LogP contribution >= 0.6 is 0 Å². The fraction of sp³-hybridized carbons (Fsp3) is 0.188. The van der Waals surface area contributed by atoms with Crippen molar-refractivity contribution < 1.29 is 14.5 Å². The van der Waals surface area contributed by atoms with Crippen molar-refractivity contribution in [3.63, 3.8) is 0 Å². The molecule has 0 unspecified atom stereocenters. The van der Waals surface area contributed by atoms with Crippen molar-refractivity contribution in [1.82, 2.24) is 0 Å². The number of ether oxygens (including phenoxy) is 1. The minimum Gasteiger partial charge on any atom is -0.461 e. The molecule has 22 heavy (non-hydrogen) atoms. The highest BCUT2D eigenvalue weighted by Crippen LogP contribution is 2.16. The molecule has 0 fully saturated rings. The third kappa shape index (κ3) is 4.90. The van der Waals surface area contributed by atoms with E-state index in [1.54, 1.807) is 12.1 Å². The molecular weight excluding hydrogens is 284 g/mol. The molecule has 1 N–H and O–H groups in total. The van der Waals surface area contributed by atoms with Gasteiger partial charge in [0.25, 0.3) is 5.69 Å². The van der Waals surface area contributed by atoms with Gasteiger partial charge >= 0.3 is 5.97 Å². The zero-order chi connectivity index (χ0) is 15.8. The predicted octanol–water partition coefficient (Wildman–Crippen LogP) is 3.14. The molecule has 2 rings (SSSR count). The van der Waals surface area contributed by atoms with Crippen LogP contribution in [-0.2, 0) is 16.1 Å². The van der Waals surface area contributed by atoms with Crippen LogP contribution in [0, 0.1) is 10.1 Å². The second kappa shape index (κ2) is 7.78. The van der Waals surface area contributed by atoms with Crippen molar-refractivity contribution in [2.45, 2.75) is 13.0 Å². The van der Waals surface area contributed by atoms with Gasteiger partial charge in [0.15, 0.2) is 0 Å². The molecule has 0 saturated heterocycles. The Hall–Kier alpha value is -2.89. The number of carbonyl (C=O) groups is 1. The second-order valence-corrected chi connectivity index (χ2v) is 4.63. The molecule has 0 aliphatic carbocycles. The lowest BCUT2D eigenvalue weighted by Gasteiger charge is -2.07. The summed E-state index contributed by atoms with van der Waals surface area (Å²) in [6.07, 6.45) is 0.190. The molecule has 0 saturated carbocycles. The Kier molecular flexibility index (Phi) is 5.48. The molecule has 2 aromatic rings. The van der Waals surface area contributed by atoms with E-state index in [9.17, 15) is 14.9 Å². The smallest absolute Gasteiger partial charge is 0.307 e. The number of esters is 1. The number of nitro benzene ring substituents is 1. The van der Waals surface area contributed by atoms with Crippen molar-refractivity contribution in [3.8, 4) is 0 Å². The van der Waals surface area contributed by atoms with Gasteiger partial charge in [-0.1, -0.05) is 36.4 Å². The minimum absolute atomic E-state index is 0.0108. The number of nitro groups is 1. The lowest BCUT2D eigenvalue weighted by Crippen LogP contribution is -2.11. The van der Waals surface area contributed by atoms with E-state index < -0.39 is 4.92 Å². The first-order valence-corrected chi connectivity index (χ1v) is 6.83. The number of hydrogen-bond donors (Lipinski definition) is 1. The molecule has 0 bridgehead atoms. The van der Waals surface area contributed by atoms with Gasteiger partial charge in [-0.15, -0.1) is 0 Å². The molecular formula is C16H16N2O4. The lowest BCUT2D eigenvalue weighted by atomic mass is 10.2. The Morgan fingerprint density at radius 1 is 1.14 bits per heavy atom. The van der Waals surface area contributed by atoms with E-state index in [0.717, 1.165) is 5.56 Å². The molecule has 2 aromatic carbocycles. The topological polar surface area (TPSA) is 81.5 Å². The van der Waals surface area contributed by atoms with E-state index in [0.29, 0.717) is 12.2 Å². The number of nitrogens with zero attached hydrogens (tertiary/aromatic N) is 1. The van der Waals surface area contributed by atoms with Crippen LogP contribution in [0.5, 0.6) is 0 Å². The summed E-state index contributed by atoms with van der Waals surface area (Å²) in [4.78, 5) is 21.8. The molecule has 0 amide bonds. The van der Waals surface area contributed by atoms with Gasteiger partial charge in [-0.05, 0) is 11.6 Å². The van der Waals surface area contributed by atoms with Gasteiger partial charge in [-0.25, -0.2) is 0 Å². The maximum absolute atomic E-state index is 11.6. The van der Waals surface area contributed by atoms with Crippen molar-refractivity contribution in [2.75, 3.05) is 11.9 Å². The quantitative estimate of drug-likeness (QED) is 0.482. The normalized spacial score (nSPS) is 10.0. The van der Waals surface area contributed by atoms with E-state index in [1.807, 2.05) is 30.3 Å². The van der Waals surface area contributed by atoms with Crippen LogP contribution in [0.1, 0.15) is 12.0 Å². The monoisotopic (exact) mass is 300 g/mol. The summed E-state index contributed by atoms with van der Waals surface area (Å²) in [7, 11) is 0. The lowest BCUT2D eigenvalue weighted by molar-refractivity contribution is -0.384. The van der Waals surface area contributed by atoms with Crippen LogP contribution in [-0.4, -0.2) is 17.4 Å². The van der Waals surface area contributed by atoms with Gasteiger partial charge in [-0.2, -0.15) is 0 Å². The third-order valence-corrected chi connectivity index (χ3v) is 2.96. The summed E-state index contributed by atoms with van der Waals surface area (Å²) in [5.74, 6) is -0.318. The highest BCUT2D eigenvalue weighted by molar-refractivity contribution is 5.70. The zero-order valence-electron chi connectivity index (χ0n) is 11.9. The first-order chi connectivity index (χ1) is 10.6. The summed E-state index contributed by atoms with van der Waals surface area (Å²) in [5.41, 5.74) is 1.55. The third-order valence-electron chi connectivity index (χ3n) is 2.96. The molecule has 114 valence electrons. The van der Waals surface area contributed by atoms with E-state index in [4.69, 9.17) is 4.74 Å². The van der Waals surface area contributed by atoms with E-state index in [1.165, 1.54) is 12.1 Å². The number of nitrogens with one attached hydrogen (secondary N) is 1. The second-order valence-electron chi connectivity index (χ2n) is 4.63. The van der Waals surface area contributed by atoms with E-state index in [2.05, 4.69) is 5.32 Å². The van der Waals surface area contributed by atoms with Gasteiger partial charge < -0.3 is 10.1 Å². The Balaban J connectivity index is 1.73. The molecule has 0 aromatic heterocycles. The van der Waals surface area contributed by atoms with Gasteiger partial charge in [0.2, 0.25) is 0 Å². The first-order valence-electron chi connectivity index (χ1n) is 6.83. The van der Waals surface area contributed by atoms with Crippen LogP contribution in [0.3, 0.4) is 0 Å². The first kappa shape index (κ1) is 15.5. The molecule has 0 aliphatic rings. The largest absolute Gasteiger partial charge is 0.461 e. The summed E-state index contributed by atoms with van der Waals surface area (Å²) in [6, 6.07) is 15.6. The van der Waals surface area contributed by atoms with Gasteiger partial charge in [0.05, 0.1) is 11.3 Å². The molecule has 0 spiro atoms. The number of rotatable bonds is 7. The fourth-order valence-corrected chi connectivity index (χ4v) is 1.85. The Labute approximate surface area is 127 Å². The van der Waals surface area contributed by atoms with Crippen molar-refractivity contribution in [1.29, 1.82) is 0 Å². The van der Waals surface area contributed by atoms with Crippen LogP contribution in [0.15, 0.2) is 54.6 Å². The van der Waals surface area contributed by atoms with E-state index in [-0.39, 0.29) is 24.7 Å². The fourth-order valence-electron chi connectivity index (χ4n) is 1.85. The van der Waals surface area contributed by atoms with Gasteiger partial charge in [0, 0.05) is 24.4 Å². The van der Waals surface area contributed by atoms with Crippen LogP contribution in [0.2, 0.25) is 0 Å². The van der Waals surface area contributed by atoms with Crippen molar-refractivity contribution in [3.05, 3.63) is 70.3 Å². The van der Waals surface area contributed by atoms with Crippen LogP contribution < -0.4 is 5.32 Å². The number of hydrogen-bond acceptors (Lipinski definition) is 5. The number of benzene rings is 2. The Morgan fingerprint density at radius 3 is 2.64 bits per heavy atom. The zero-order valence-corrected chi connectivity index (χ0v) is 11.9. The van der Waals surface area contributed by atoms with Crippen LogP contribution in [0.4, 0.5) is 11.4 Å². The number of non-ortho nitro benzene ring substituents is 1. The average molecular weight is 300 g/mol. The van der Waals surface area contributed by atoms with E-state index >= 15 is 0 Å². The summed E-state index contributed by atoms with van der Waals surface area (Å²) < 4.78 is 5.14. The number of anilines is 1. The van der Waals surface area contributed by atoms with Crippen molar-refractivity contribution in [2.24, 2.45) is 0 Å². The maximum atomic E-state index is 11.6. The van der Waals surface area contributed by atoms with Crippen LogP contribution in [0.25, 0.3) is 0 Å². The average Bonchev–Trinajstić information content (AvgIpc) is 2.54. The minimum atomic E-state index is -0.459. The molecule has 0 radical (unpaired) electrons. The Morgan fingerprint density at radius 2 is 1.91 bits per heavy atom. The summed E-state index contributed by atoms with van der Waals surface area (Å²) in [6.45, 7) is 0.602. The molecule has 0 atom stereocenters. The molecule has 6 nitrogen and oxygen atoms in total. The highest BCUT2D eigenvalue weighted by Gasteiger charge is 2.06. The standard InChI is InChI=1S/C16H16N2O4/c19-16(22-12-13-5-2-1-3-6-13)9-10-17-14-7-4-8-15(11-14)18(20)21/h1-8,11,17H,9-10,12H2. The molecule has 6 heteroatoms. The number of carbonyl (C=O) groups excluding carboxylic acids is 1. The SMILES string of the molecule is O=C(CCNc1cccc([N+](=O)[O-])c1)OCc1ccccc1. The Bertz CT molecular complexity index is 644.